The fourth-order valence-corrected chi connectivity index (χ4v) is 1.88. The molecule has 19 heavy (non-hydrogen) atoms. The maximum atomic E-state index is 10.5. The molecule has 1 aliphatic heterocycles. The third-order valence-corrected chi connectivity index (χ3v) is 3.03. The number of aliphatic hydroxyl groups is 1. The fraction of sp³-hybridized carbons (Fsp3) is 0.571. The van der Waals surface area contributed by atoms with E-state index in [0.717, 1.165) is 13.1 Å². The Hall–Kier alpha value is -1.30. The normalized spacial score (nSPS) is 17.3. The number of likely N-dealkylation sites (N-methyl/N-ethyl adjacent to an activating group) is 1. The summed E-state index contributed by atoms with van der Waals surface area (Å²) in [6.07, 6.45) is 0. The van der Waals surface area contributed by atoms with Crippen LogP contribution >= 0.6 is 0 Å². The molecule has 2 rings (SSSR count). The van der Waals surface area contributed by atoms with Gasteiger partial charge in [-0.2, -0.15) is 0 Å². The molecule has 1 aromatic rings. The summed E-state index contributed by atoms with van der Waals surface area (Å²) in [5.74, 6) is 1.37. The molecule has 0 radical (unpaired) electrons. The smallest absolute Gasteiger partial charge is 0.161 e. The molecule has 5 heteroatoms. The van der Waals surface area contributed by atoms with Gasteiger partial charge in [-0.25, -0.2) is 0 Å². The summed E-state index contributed by atoms with van der Waals surface area (Å²) in [5.41, 5.74) is -0.995. The lowest BCUT2D eigenvalue weighted by atomic mass is 10.1. The van der Waals surface area contributed by atoms with Gasteiger partial charge in [0.15, 0.2) is 11.5 Å². The van der Waals surface area contributed by atoms with E-state index in [9.17, 15) is 5.11 Å². The number of nitrogens with one attached hydrogen (secondary N) is 1. The summed E-state index contributed by atoms with van der Waals surface area (Å²) in [7, 11) is 4.04. The molecular weight excluding hydrogens is 244 g/mol. The predicted molar refractivity (Wildman–Crippen MR) is 73.8 cm³/mol. The van der Waals surface area contributed by atoms with E-state index in [0.29, 0.717) is 18.0 Å². The van der Waals surface area contributed by atoms with Crippen molar-refractivity contribution in [3.8, 4) is 11.5 Å². The highest BCUT2D eigenvalue weighted by Crippen LogP contribution is 2.30. The summed E-state index contributed by atoms with van der Waals surface area (Å²) in [6, 6.07) is 7.48. The zero-order valence-corrected chi connectivity index (χ0v) is 11.6. The zero-order chi connectivity index (χ0) is 13.7. The number of nitrogens with zero attached hydrogens (tertiary/aromatic N) is 1. The molecule has 0 amide bonds. The fourth-order valence-electron chi connectivity index (χ4n) is 1.88. The summed E-state index contributed by atoms with van der Waals surface area (Å²) in [6.45, 7) is 2.67. The number of hydrogen-bond acceptors (Lipinski definition) is 5. The van der Waals surface area contributed by atoms with Crippen LogP contribution in [0.4, 0.5) is 0 Å². The Kier molecular flexibility index (Phi) is 4.63. The van der Waals surface area contributed by atoms with Crippen molar-refractivity contribution < 1.29 is 14.6 Å². The molecule has 0 saturated carbocycles. The quantitative estimate of drug-likeness (QED) is 0.753. The van der Waals surface area contributed by atoms with Crippen LogP contribution in [0.25, 0.3) is 0 Å². The first-order chi connectivity index (χ1) is 9.09. The van der Waals surface area contributed by atoms with E-state index in [2.05, 4.69) is 10.2 Å². The van der Waals surface area contributed by atoms with E-state index in [1.807, 2.05) is 38.4 Å². The third kappa shape index (κ3) is 4.09. The van der Waals surface area contributed by atoms with Crippen molar-refractivity contribution in [1.82, 2.24) is 10.2 Å². The van der Waals surface area contributed by atoms with Crippen LogP contribution in [0.15, 0.2) is 24.3 Å². The van der Waals surface area contributed by atoms with Gasteiger partial charge < -0.3 is 24.8 Å². The molecule has 2 N–H and O–H groups in total. The SMILES string of the molecule is CN(C)CCNCC1(O)COc2ccccc2OC1. The van der Waals surface area contributed by atoms with Crippen LogP contribution in [0.1, 0.15) is 0 Å². The first-order valence-corrected chi connectivity index (χ1v) is 6.51. The highest BCUT2D eigenvalue weighted by molar-refractivity contribution is 5.40. The summed E-state index contributed by atoms with van der Waals surface area (Å²) < 4.78 is 11.2. The average molecular weight is 266 g/mol. The van der Waals surface area contributed by atoms with E-state index in [1.54, 1.807) is 0 Å². The molecule has 0 unspecified atom stereocenters. The van der Waals surface area contributed by atoms with Gasteiger partial charge in [0.2, 0.25) is 0 Å². The molecule has 0 fully saturated rings. The minimum Gasteiger partial charge on any atom is -0.487 e. The van der Waals surface area contributed by atoms with Crippen molar-refractivity contribution >= 4 is 0 Å². The second-order valence-electron chi connectivity index (χ2n) is 5.23. The molecule has 5 nitrogen and oxygen atoms in total. The monoisotopic (exact) mass is 266 g/mol. The number of fused-ring (bicyclic) bond motifs is 1. The van der Waals surface area contributed by atoms with E-state index in [1.165, 1.54) is 0 Å². The van der Waals surface area contributed by atoms with Gasteiger partial charge in [-0.15, -0.1) is 0 Å². The standard InChI is InChI=1S/C14H22N2O3/c1-16(2)8-7-15-9-14(17)10-18-12-5-3-4-6-13(12)19-11-14/h3-6,15,17H,7-11H2,1-2H3. The van der Waals surface area contributed by atoms with E-state index < -0.39 is 5.60 Å². The summed E-state index contributed by atoms with van der Waals surface area (Å²) in [4.78, 5) is 2.09. The molecule has 0 saturated heterocycles. The summed E-state index contributed by atoms with van der Waals surface area (Å²) in [5, 5.41) is 13.7. The first-order valence-electron chi connectivity index (χ1n) is 6.51. The predicted octanol–water partition coefficient (Wildman–Crippen LogP) is 0.340. The van der Waals surface area contributed by atoms with Crippen molar-refractivity contribution in [1.29, 1.82) is 0 Å². The maximum Gasteiger partial charge on any atom is 0.161 e. The lowest BCUT2D eigenvalue weighted by molar-refractivity contribution is -0.0266. The van der Waals surface area contributed by atoms with E-state index in [4.69, 9.17) is 9.47 Å². The zero-order valence-electron chi connectivity index (χ0n) is 11.6. The topological polar surface area (TPSA) is 54.0 Å². The molecule has 0 atom stereocenters. The highest BCUT2D eigenvalue weighted by atomic mass is 16.6. The van der Waals surface area contributed by atoms with Gasteiger partial charge >= 0.3 is 0 Å². The van der Waals surface area contributed by atoms with Crippen LogP contribution in [-0.2, 0) is 0 Å². The van der Waals surface area contributed by atoms with Gasteiger partial charge in [-0.3, -0.25) is 0 Å². The second-order valence-corrected chi connectivity index (χ2v) is 5.23. The Bertz CT molecular complexity index is 382. The molecule has 1 aromatic carbocycles. The van der Waals surface area contributed by atoms with Crippen LogP contribution in [0.2, 0.25) is 0 Å². The molecule has 106 valence electrons. The van der Waals surface area contributed by atoms with E-state index in [-0.39, 0.29) is 13.2 Å². The number of hydrogen-bond donors (Lipinski definition) is 2. The van der Waals surface area contributed by atoms with Crippen LogP contribution < -0.4 is 14.8 Å². The Balaban J connectivity index is 1.85. The Morgan fingerprint density at radius 2 is 1.79 bits per heavy atom. The third-order valence-electron chi connectivity index (χ3n) is 3.03. The minimum absolute atomic E-state index is 0.235. The van der Waals surface area contributed by atoms with Gasteiger partial charge in [0.25, 0.3) is 0 Å². The molecule has 1 aliphatic rings. The van der Waals surface area contributed by atoms with Crippen molar-refractivity contribution in [2.24, 2.45) is 0 Å². The van der Waals surface area contributed by atoms with Crippen molar-refractivity contribution in [3.05, 3.63) is 24.3 Å². The van der Waals surface area contributed by atoms with Crippen LogP contribution in [0.3, 0.4) is 0 Å². The van der Waals surface area contributed by atoms with Gasteiger partial charge in [-0.05, 0) is 26.2 Å². The second kappa shape index (κ2) is 6.23. The Morgan fingerprint density at radius 1 is 1.21 bits per heavy atom. The summed E-state index contributed by atoms with van der Waals surface area (Å²) >= 11 is 0. The molecule has 0 aliphatic carbocycles. The largest absolute Gasteiger partial charge is 0.487 e. The average Bonchev–Trinajstić information content (AvgIpc) is 2.56. The number of ether oxygens (including phenoxy) is 2. The van der Waals surface area contributed by atoms with Crippen LogP contribution in [-0.4, -0.2) is 62.6 Å². The van der Waals surface area contributed by atoms with Crippen LogP contribution in [0, 0.1) is 0 Å². The number of rotatable bonds is 5. The van der Waals surface area contributed by atoms with Gasteiger partial charge in [0.1, 0.15) is 18.8 Å². The lowest BCUT2D eigenvalue weighted by Gasteiger charge is -2.25. The Morgan fingerprint density at radius 3 is 2.32 bits per heavy atom. The van der Waals surface area contributed by atoms with Crippen molar-refractivity contribution in [2.75, 3.05) is 46.9 Å². The molecule has 0 aromatic heterocycles. The molecule has 0 spiro atoms. The van der Waals surface area contributed by atoms with Crippen LogP contribution in [0.5, 0.6) is 11.5 Å². The molecule has 1 heterocycles. The van der Waals surface area contributed by atoms with E-state index >= 15 is 0 Å². The highest BCUT2D eigenvalue weighted by Gasteiger charge is 2.32. The molecular formula is C14H22N2O3. The first kappa shape index (κ1) is 14.1. The lowest BCUT2D eigenvalue weighted by Crippen LogP contribution is -2.50. The maximum absolute atomic E-state index is 10.5. The number of benzene rings is 1. The van der Waals surface area contributed by atoms with Gasteiger partial charge in [0, 0.05) is 19.6 Å². The Labute approximate surface area is 114 Å². The van der Waals surface area contributed by atoms with Gasteiger partial charge in [0.05, 0.1) is 0 Å². The van der Waals surface area contributed by atoms with Gasteiger partial charge in [-0.1, -0.05) is 12.1 Å². The van der Waals surface area contributed by atoms with Crippen molar-refractivity contribution in [3.63, 3.8) is 0 Å². The van der Waals surface area contributed by atoms with Crippen molar-refractivity contribution in [2.45, 2.75) is 5.60 Å². The minimum atomic E-state index is -0.995. The molecule has 0 bridgehead atoms. The number of para-hydroxylation sites is 2.